The van der Waals surface area contributed by atoms with E-state index in [1.807, 2.05) is 24.3 Å². The highest BCUT2D eigenvalue weighted by Gasteiger charge is 2.05. The molecular formula is C11H9ClIN3. The SMILES string of the molecule is Nc1nc(Cc2ccccc2Cl)ncc1I. The molecule has 0 radical (unpaired) electrons. The summed E-state index contributed by atoms with van der Waals surface area (Å²) in [6, 6.07) is 7.65. The summed E-state index contributed by atoms with van der Waals surface area (Å²) >= 11 is 8.16. The van der Waals surface area contributed by atoms with Crippen molar-refractivity contribution in [1.82, 2.24) is 9.97 Å². The third-order valence-corrected chi connectivity index (χ3v) is 3.33. The van der Waals surface area contributed by atoms with Crippen LogP contribution in [0.25, 0.3) is 0 Å². The first-order valence-corrected chi connectivity index (χ1v) is 6.13. The van der Waals surface area contributed by atoms with E-state index in [1.165, 1.54) is 0 Å². The monoisotopic (exact) mass is 345 g/mol. The maximum absolute atomic E-state index is 6.06. The summed E-state index contributed by atoms with van der Waals surface area (Å²) in [5.74, 6) is 1.20. The van der Waals surface area contributed by atoms with Crippen molar-refractivity contribution in [2.24, 2.45) is 0 Å². The van der Waals surface area contributed by atoms with Gasteiger partial charge in [0.15, 0.2) is 0 Å². The first-order chi connectivity index (χ1) is 7.66. The number of nitrogens with two attached hydrogens (primary N) is 1. The molecule has 0 saturated carbocycles. The second-order valence-corrected chi connectivity index (χ2v) is 4.86. The molecule has 0 fully saturated rings. The molecule has 0 saturated heterocycles. The van der Waals surface area contributed by atoms with Crippen molar-refractivity contribution in [3.8, 4) is 0 Å². The Balaban J connectivity index is 2.28. The molecule has 82 valence electrons. The van der Waals surface area contributed by atoms with Crippen LogP contribution in [0.4, 0.5) is 5.82 Å². The summed E-state index contributed by atoms with van der Waals surface area (Å²) in [4.78, 5) is 8.43. The number of hydrogen-bond acceptors (Lipinski definition) is 3. The number of benzene rings is 1. The van der Waals surface area contributed by atoms with Crippen LogP contribution in [-0.2, 0) is 6.42 Å². The van der Waals surface area contributed by atoms with Crippen LogP contribution in [0.3, 0.4) is 0 Å². The average Bonchev–Trinajstić information content (AvgIpc) is 2.27. The lowest BCUT2D eigenvalue weighted by atomic mass is 10.1. The molecule has 1 heterocycles. The zero-order chi connectivity index (χ0) is 11.5. The fourth-order valence-electron chi connectivity index (χ4n) is 1.32. The maximum Gasteiger partial charge on any atom is 0.140 e. The molecule has 2 aromatic rings. The van der Waals surface area contributed by atoms with Crippen LogP contribution < -0.4 is 5.73 Å². The quantitative estimate of drug-likeness (QED) is 0.852. The van der Waals surface area contributed by atoms with Crippen molar-refractivity contribution in [3.63, 3.8) is 0 Å². The Morgan fingerprint density at radius 3 is 2.75 bits per heavy atom. The predicted octanol–water partition coefficient (Wildman–Crippen LogP) is 2.91. The van der Waals surface area contributed by atoms with Crippen molar-refractivity contribution >= 4 is 40.0 Å². The molecule has 0 atom stereocenters. The van der Waals surface area contributed by atoms with Gasteiger partial charge in [-0.1, -0.05) is 29.8 Å². The molecule has 0 aliphatic carbocycles. The van der Waals surface area contributed by atoms with Crippen molar-refractivity contribution in [1.29, 1.82) is 0 Å². The summed E-state index contributed by atoms with van der Waals surface area (Å²) in [5.41, 5.74) is 6.73. The van der Waals surface area contributed by atoms with E-state index in [2.05, 4.69) is 32.6 Å². The van der Waals surface area contributed by atoms with Gasteiger partial charge in [-0.05, 0) is 34.2 Å². The lowest BCUT2D eigenvalue weighted by Gasteiger charge is -2.04. The standard InChI is InChI=1S/C11H9ClIN3/c12-8-4-2-1-3-7(8)5-10-15-6-9(13)11(14)16-10/h1-4,6H,5H2,(H2,14,15,16). The lowest BCUT2D eigenvalue weighted by Crippen LogP contribution is -2.02. The summed E-state index contributed by atoms with van der Waals surface area (Å²) in [7, 11) is 0. The average molecular weight is 346 g/mol. The van der Waals surface area contributed by atoms with Gasteiger partial charge < -0.3 is 5.73 Å². The van der Waals surface area contributed by atoms with Crippen LogP contribution in [0.2, 0.25) is 5.02 Å². The van der Waals surface area contributed by atoms with Crippen LogP contribution in [0, 0.1) is 3.57 Å². The van der Waals surface area contributed by atoms with Crippen molar-refractivity contribution in [3.05, 3.63) is 50.4 Å². The zero-order valence-electron chi connectivity index (χ0n) is 8.32. The van der Waals surface area contributed by atoms with E-state index in [1.54, 1.807) is 6.20 Å². The molecule has 0 spiro atoms. The predicted molar refractivity (Wildman–Crippen MR) is 73.4 cm³/mol. The van der Waals surface area contributed by atoms with E-state index in [9.17, 15) is 0 Å². The smallest absolute Gasteiger partial charge is 0.140 e. The number of nitrogen functional groups attached to an aromatic ring is 1. The highest BCUT2D eigenvalue weighted by molar-refractivity contribution is 14.1. The molecule has 5 heteroatoms. The Kier molecular flexibility index (Phi) is 3.60. The molecule has 1 aromatic heterocycles. The summed E-state index contributed by atoms with van der Waals surface area (Å²) in [5, 5.41) is 0.725. The van der Waals surface area contributed by atoms with Gasteiger partial charge in [-0.3, -0.25) is 0 Å². The maximum atomic E-state index is 6.06. The summed E-state index contributed by atoms with van der Waals surface area (Å²) < 4.78 is 0.862. The van der Waals surface area contributed by atoms with Gasteiger partial charge in [0.05, 0.1) is 3.57 Å². The number of anilines is 1. The van der Waals surface area contributed by atoms with Crippen molar-refractivity contribution in [2.75, 3.05) is 5.73 Å². The van der Waals surface area contributed by atoms with E-state index >= 15 is 0 Å². The van der Waals surface area contributed by atoms with Crippen LogP contribution in [-0.4, -0.2) is 9.97 Å². The van der Waals surface area contributed by atoms with Gasteiger partial charge >= 0.3 is 0 Å². The number of hydrogen-bond donors (Lipinski definition) is 1. The van der Waals surface area contributed by atoms with Crippen molar-refractivity contribution < 1.29 is 0 Å². The van der Waals surface area contributed by atoms with Crippen LogP contribution in [0.5, 0.6) is 0 Å². The molecular weight excluding hydrogens is 336 g/mol. The topological polar surface area (TPSA) is 51.8 Å². The molecule has 2 N–H and O–H groups in total. The van der Waals surface area contributed by atoms with Gasteiger partial charge in [0.25, 0.3) is 0 Å². The van der Waals surface area contributed by atoms with E-state index in [0.29, 0.717) is 18.1 Å². The lowest BCUT2D eigenvalue weighted by molar-refractivity contribution is 0.968. The second kappa shape index (κ2) is 4.97. The highest BCUT2D eigenvalue weighted by Crippen LogP contribution is 2.18. The van der Waals surface area contributed by atoms with Gasteiger partial charge in [-0.15, -0.1) is 0 Å². The second-order valence-electron chi connectivity index (χ2n) is 3.29. The van der Waals surface area contributed by atoms with Crippen LogP contribution >= 0.6 is 34.2 Å². The third kappa shape index (κ3) is 2.62. The van der Waals surface area contributed by atoms with E-state index in [-0.39, 0.29) is 0 Å². The van der Waals surface area contributed by atoms with Gasteiger partial charge in [0.2, 0.25) is 0 Å². The van der Waals surface area contributed by atoms with Gasteiger partial charge in [0, 0.05) is 17.6 Å². The molecule has 2 rings (SSSR count). The Labute approximate surface area is 112 Å². The first-order valence-electron chi connectivity index (χ1n) is 4.67. The number of rotatable bonds is 2. The minimum absolute atomic E-state index is 0.512. The van der Waals surface area contributed by atoms with Gasteiger partial charge in [0.1, 0.15) is 11.6 Å². The Morgan fingerprint density at radius 1 is 1.31 bits per heavy atom. The first kappa shape index (κ1) is 11.6. The Hall–Kier alpha value is -0.880. The molecule has 0 amide bonds. The Morgan fingerprint density at radius 2 is 2.06 bits per heavy atom. The largest absolute Gasteiger partial charge is 0.383 e. The molecule has 0 bridgehead atoms. The summed E-state index contributed by atoms with van der Waals surface area (Å²) in [6.07, 6.45) is 2.32. The molecule has 0 unspecified atom stereocenters. The van der Waals surface area contributed by atoms with Crippen LogP contribution in [0.15, 0.2) is 30.5 Å². The molecule has 0 aliphatic rings. The fourth-order valence-corrected chi connectivity index (χ4v) is 1.78. The fraction of sp³-hybridized carbons (Fsp3) is 0.0909. The number of aromatic nitrogens is 2. The minimum Gasteiger partial charge on any atom is -0.383 e. The van der Waals surface area contributed by atoms with E-state index in [4.69, 9.17) is 17.3 Å². The molecule has 3 nitrogen and oxygen atoms in total. The van der Waals surface area contributed by atoms with Crippen molar-refractivity contribution in [2.45, 2.75) is 6.42 Å². The summed E-state index contributed by atoms with van der Waals surface area (Å²) in [6.45, 7) is 0. The highest BCUT2D eigenvalue weighted by atomic mass is 127. The normalized spacial score (nSPS) is 10.4. The molecule has 0 aliphatic heterocycles. The Bertz CT molecular complexity index is 516. The number of nitrogens with zero attached hydrogens (tertiary/aromatic N) is 2. The third-order valence-electron chi connectivity index (χ3n) is 2.13. The van der Waals surface area contributed by atoms with E-state index < -0.39 is 0 Å². The minimum atomic E-state index is 0.512. The molecule has 16 heavy (non-hydrogen) atoms. The number of halogens is 2. The molecule has 1 aromatic carbocycles. The van der Waals surface area contributed by atoms with Gasteiger partial charge in [-0.2, -0.15) is 0 Å². The van der Waals surface area contributed by atoms with Crippen LogP contribution in [0.1, 0.15) is 11.4 Å². The zero-order valence-corrected chi connectivity index (χ0v) is 11.2. The van der Waals surface area contributed by atoms with E-state index in [0.717, 1.165) is 14.2 Å². The van der Waals surface area contributed by atoms with Gasteiger partial charge in [-0.25, -0.2) is 9.97 Å².